The van der Waals surface area contributed by atoms with Gasteiger partial charge in [0.2, 0.25) is 0 Å². The maximum atomic E-state index is 13.4. The Morgan fingerprint density at radius 3 is 2.55 bits per heavy atom. The van der Waals surface area contributed by atoms with Crippen LogP contribution in [0.25, 0.3) is 0 Å². The van der Waals surface area contributed by atoms with Crippen molar-refractivity contribution >= 4 is 0 Å². The van der Waals surface area contributed by atoms with Crippen LogP contribution in [-0.4, -0.2) is 28.9 Å². The van der Waals surface area contributed by atoms with Gasteiger partial charge in [0.25, 0.3) is 0 Å². The molecule has 0 aromatic heterocycles. The van der Waals surface area contributed by atoms with Gasteiger partial charge in [-0.3, -0.25) is 0 Å². The molecule has 3 N–H and O–H groups in total. The Bertz CT molecular complexity index is 436. The summed E-state index contributed by atoms with van der Waals surface area (Å²) in [5.74, 6) is -0.890. The van der Waals surface area contributed by atoms with Gasteiger partial charge in [0.05, 0.1) is 11.7 Å². The molecule has 3 nitrogen and oxygen atoms in total. The Kier molecular flexibility index (Phi) is 6.05. The van der Waals surface area contributed by atoms with E-state index in [1.807, 2.05) is 13.8 Å². The molecule has 0 bridgehead atoms. The first kappa shape index (κ1) is 17.0. The largest absolute Gasteiger partial charge is 0.389 e. The van der Waals surface area contributed by atoms with E-state index < -0.39 is 23.3 Å². The molecular formula is C15H23F2NO2. The van der Waals surface area contributed by atoms with Crippen LogP contribution in [0.2, 0.25) is 0 Å². The average molecular weight is 287 g/mol. The van der Waals surface area contributed by atoms with Gasteiger partial charge in [-0.05, 0) is 37.5 Å². The van der Waals surface area contributed by atoms with Crippen LogP contribution in [-0.2, 0) is 0 Å². The molecule has 5 heteroatoms. The van der Waals surface area contributed by atoms with Crippen molar-refractivity contribution in [2.75, 3.05) is 13.1 Å². The number of aliphatic hydroxyl groups excluding tert-OH is 1. The molecule has 0 aliphatic rings. The minimum Gasteiger partial charge on any atom is -0.389 e. The lowest BCUT2D eigenvalue weighted by Crippen LogP contribution is -2.40. The van der Waals surface area contributed by atoms with Crippen LogP contribution >= 0.6 is 0 Å². The van der Waals surface area contributed by atoms with Crippen molar-refractivity contribution in [3.05, 3.63) is 35.4 Å². The van der Waals surface area contributed by atoms with E-state index in [2.05, 4.69) is 5.32 Å². The van der Waals surface area contributed by atoms with Crippen LogP contribution in [0.4, 0.5) is 8.78 Å². The minimum absolute atomic E-state index is 0.0502. The average Bonchev–Trinajstić information content (AvgIpc) is 2.30. The predicted molar refractivity (Wildman–Crippen MR) is 74.3 cm³/mol. The van der Waals surface area contributed by atoms with Gasteiger partial charge in [-0.15, -0.1) is 0 Å². The summed E-state index contributed by atoms with van der Waals surface area (Å²) >= 11 is 0. The molecule has 0 fully saturated rings. The van der Waals surface area contributed by atoms with E-state index in [0.29, 0.717) is 12.3 Å². The highest BCUT2D eigenvalue weighted by atomic mass is 19.1. The van der Waals surface area contributed by atoms with Crippen LogP contribution in [0.1, 0.15) is 38.9 Å². The molecule has 2 atom stereocenters. The maximum absolute atomic E-state index is 13.4. The first-order chi connectivity index (χ1) is 9.21. The number of halogens is 2. The molecule has 1 aromatic carbocycles. The van der Waals surface area contributed by atoms with E-state index in [-0.39, 0.29) is 18.7 Å². The second kappa shape index (κ2) is 7.11. The summed E-state index contributed by atoms with van der Waals surface area (Å²) in [6, 6.07) is 2.98. The fourth-order valence-electron chi connectivity index (χ4n) is 2.31. The van der Waals surface area contributed by atoms with Gasteiger partial charge in [-0.25, -0.2) is 8.78 Å². The van der Waals surface area contributed by atoms with E-state index in [1.54, 1.807) is 6.92 Å². The standard InChI is InChI=1S/C15H23F2NO2/c1-10(2)7-15(3,20)9-18-8-14(19)12-6-11(16)4-5-13(12)17/h4-6,10,14,18-20H,7-9H2,1-3H3. The zero-order valence-corrected chi connectivity index (χ0v) is 12.2. The van der Waals surface area contributed by atoms with Crippen LogP contribution < -0.4 is 5.32 Å². The summed E-state index contributed by atoms with van der Waals surface area (Å²) in [7, 11) is 0. The number of hydrogen-bond acceptors (Lipinski definition) is 3. The van der Waals surface area contributed by atoms with E-state index in [0.717, 1.165) is 18.2 Å². The lowest BCUT2D eigenvalue weighted by atomic mass is 9.94. The number of rotatable bonds is 7. The highest BCUT2D eigenvalue weighted by Crippen LogP contribution is 2.19. The molecular weight excluding hydrogens is 264 g/mol. The van der Waals surface area contributed by atoms with Crippen LogP contribution in [0.15, 0.2) is 18.2 Å². The Balaban J connectivity index is 2.51. The normalized spacial score (nSPS) is 16.2. The predicted octanol–water partition coefficient (Wildman–Crippen LogP) is 2.38. The molecule has 0 saturated heterocycles. The lowest BCUT2D eigenvalue weighted by molar-refractivity contribution is 0.0351. The van der Waals surface area contributed by atoms with Gasteiger partial charge in [0.1, 0.15) is 11.6 Å². The number of nitrogens with one attached hydrogen (secondary N) is 1. The van der Waals surface area contributed by atoms with Crippen molar-refractivity contribution in [1.29, 1.82) is 0 Å². The van der Waals surface area contributed by atoms with Crippen molar-refractivity contribution < 1.29 is 19.0 Å². The highest BCUT2D eigenvalue weighted by molar-refractivity contribution is 5.21. The van der Waals surface area contributed by atoms with Crippen LogP contribution in [0.3, 0.4) is 0 Å². The summed E-state index contributed by atoms with van der Waals surface area (Å²) < 4.78 is 26.5. The van der Waals surface area contributed by atoms with Crippen molar-refractivity contribution in [3.8, 4) is 0 Å². The van der Waals surface area contributed by atoms with E-state index >= 15 is 0 Å². The van der Waals surface area contributed by atoms with Gasteiger partial charge in [-0.1, -0.05) is 13.8 Å². The number of benzene rings is 1. The van der Waals surface area contributed by atoms with Crippen LogP contribution in [0.5, 0.6) is 0 Å². The molecule has 0 heterocycles. The smallest absolute Gasteiger partial charge is 0.129 e. The quantitative estimate of drug-likeness (QED) is 0.722. The second-order valence-electron chi connectivity index (χ2n) is 5.91. The molecule has 0 aliphatic carbocycles. The summed E-state index contributed by atoms with van der Waals surface area (Å²) in [6.45, 7) is 6.04. The summed E-state index contributed by atoms with van der Waals surface area (Å²) in [4.78, 5) is 0. The zero-order valence-electron chi connectivity index (χ0n) is 12.2. The first-order valence-corrected chi connectivity index (χ1v) is 6.77. The molecule has 1 rings (SSSR count). The molecule has 0 aliphatic heterocycles. The maximum Gasteiger partial charge on any atom is 0.129 e. The molecule has 0 saturated carbocycles. The van der Waals surface area contributed by atoms with Crippen molar-refractivity contribution in [2.24, 2.45) is 5.92 Å². The summed E-state index contributed by atoms with van der Waals surface area (Å²) in [6.07, 6.45) is -0.537. The zero-order chi connectivity index (χ0) is 15.3. The fourth-order valence-corrected chi connectivity index (χ4v) is 2.31. The molecule has 2 unspecified atom stereocenters. The van der Waals surface area contributed by atoms with Crippen molar-refractivity contribution in [3.63, 3.8) is 0 Å². The fraction of sp³-hybridized carbons (Fsp3) is 0.600. The third-order valence-electron chi connectivity index (χ3n) is 3.01. The topological polar surface area (TPSA) is 52.5 Å². The molecule has 0 radical (unpaired) electrons. The molecule has 1 aromatic rings. The summed E-state index contributed by atoms with van der Waals surface area (Å²) in [5.41, 5.74) is -0.977. The van der Waals surface area contributed by atoms with Gasteiger partial charge in [-0.2, -0.15) is 0 Å². The van der Waals surface area contributed by atoms with Gasteiger partial charge in [0, 0.05) is 18.7 Å². The molecule has 20 heavy (non-hydrogen) atoms. The van der Waals surface area contributed by atoms with Crippen molar-refractivity contribution in [1.82, 2.24) is 5.32 Å². The number of hydrogen-bond donors (Lipinski definition) is 3. The summed E-state index contributed by atoms with van der Waals surface area (Å²) in [5, 5.41) is 22.8. The van der Waals surface area contributed by atoms with E-state index in [9.17, 15) is 19.0 Å². The Morgan fingerprint density at radius 1 is 1.30 bits per heavy atom. The minimum atomic E-state index is -1.15. The molecule has 0 spiro atoms. The van der Waals surface area contributed by atoms with Crippen molar-refractivity contribution in [2.45, 2.75) is 38.9 Å². The Morgan fingerprint density at radius 2 is 1.95 bits per heavy atom. The third-order valence-corrected chi connectivity index (χ3v) is 3.01. The lowest BCUT2D eigenvalue weighted by Gasteiger charge is -2.26. The van der Waals surface area contributed by atoms with E-state index in [4.69, 9.17) is 0 Å². The Labute approximate surface area is 118 Å². The third kappa shape index (κ3) is 5.53. The van der Waals surface area contributed by atoms with Crippen LogP contribution in [0, 0.1) is 17.6 Å². The van der Waals surface area contributed by atoms with Gasteiger partial charge in [0.15, 0.2) is 0 Å². The second-order valence-corrected chi connectivity index (χ2v) is 5.91. The highest BCUT2D eigenvalue weighted by Gasteiger charge is 2.22. The molecule has 0 amide bonds. The SMILES string of the molecule is CC(C)CC(C)(O)CNCC(O)c1cc(F)ccc1F. The first-order valence-electron chi connectivity index (χ1n) is 6.77. The molecule has 114 valence electrons. The van der Waals surface area contributed by atoms with Gasteiger partial charge >= 0.3 is 0 Å². The van der Waals surface area contributed by atoms with Gasteiger partial charge < -0.3 is 15.5 Å². The monoisotopic (exact) mass is 287 g/mol. The van der Waals surface area contributed by atoms with E-state index in [1.165, 1.54) is 0 Å². The Hall–Kier alpha value is -1.04. The number of aliphatic hydroxyl groups is 2.